The Labute approximate surface area is 122 Å². The van der Waals surface area contributed by atoms with Crippen molar-refractivity contribution in [2.75, 3.05) is 38.6 Å². The van der Waals surface area contributed by atoms with Crippen molar-refractivity contribution >= 4 is 5.82 Å². The highest BCUT2D eigenvalue weighted by Crippen LogP contribution is 2.25. The molecule has 1 aliphatic heterocycles. The van der Waals surface area contributed by atoms with Crippen LogP contribution in [0.2, 0.25) is 0 Å². The van der Waals surface area contributed by atoms with Gasteiger partial charge in [-0.3, -0.25) is 9.58 Å². The lowest BCUT2D eigenvalue weighted by Gasteiger charge is -2.29. The Bertz CT molecular complexity index is 440. The summed E-state index contributed by atoms with van der Waals surface area (Å²) in [7, 11) is 6.23. The normalized spacial score (nSPS) is 19.8. The lowest BCUT2D eigenvalue weighted by Crippen LogP contribution is -2.39. The van der Waals surface area contributed by atoms with E-state index < -0.39 is 0 Å². The number of likely N-dealkylation sites (N-methyl/N-ethyl adjacent to an activating group) is 2. The van der Waals surface area contributed by atoms with Gasteiger partial charge < -0.3 is 10.2 Å². The third-order valence-electron chi connectivity index (χ3n) is 4.42. The van der Waals surface area contributed by atoms with Crippen molar-refractivity contribution in [3.8, 4) is 0 Å². The first-order chi connectivity index (χ1) is 9.58. The molecule has 1 unspecified atom stereocenters. The van der Waals surface area contributed by atoms with Crippen molar-refractivity contribution in [2.45, 2.75) is 39.3 Å². The molecule has 0 spiro atoms. The molecular formula is C15H29N5. The van der Waals surface area contributed by atoms with Gasteiger partial charge >= 0.3 is 0 Å². The van der Waals surface area contributed by atoms with E-state index in [1.165, 1.54) is 30.8 Å². The van der Waals surface area contributed by atoms with E-state index in [2.05, 4.69) is 41.1 Å². The SMILES string of the molecule is CCN1CCCC1CN(C)c1c(CNC)c(C)nn1C. The average Bonchev–Trinajstić information content (AvgIpc) is 2.95. The number of hydrogen-bond acceptors (Lipinski definition) is 4. The molecule has 1 aliphatic rings. The molecule has 0 radical (unpaired) electrons. The lowest BCUT2D eigenvalue weighted by molar-refractivity contribution is 0.270. The summed E-state index contributed by atoms with van der Waals surface area (Å²) >= 11 is 0. The summed E-state index contributed by atoms with van der Waals surface area (Å²) in [5, 5.41) is 7.84. The van der Waals surface area contributed by atoms with Crippen LogP contribution < -0.4 is 10.2 Å². The topological polar surface area (TPSA) is 36.3 Å². The number of aromatic nitrogens is 2. The quantitative estimate of drug-likeness (QED) is 0.853. The molecule has 1 aromatic rings. The van der Waals surface area contributed by atoms with Gasteiger partial charge in [-0.1, -0.05) is 6.92 Å². The summed E-state index contributed by atoms with van der Waals surface area (Å²) < 4.78 is 2.02. The third kappa shape index (κ3) is 2.99. The maximum Gasteiger partial charge on any atom is 0.131 e. The molecule has 0 amide bonds. The van der Waals surface area contributed by atoms with Gasteiger partial charge in [0.2, 0.25) is 0 Å². The number of likely N-dealkylation sites (tertiary alicyclic amines) is 1. The van der Waals surface area contributed by atoms with Crippen molar-refractivity contribution in [3.05, 3.63) is 11.3 Å². The van der Waals surface area contributed by atoms with Crippen molar-refractivity contribution in [3.63, 3.8) is 0 Å². The van der Waals surface area contributed by atoms with Crippen LogP contribution in [0.15, 0.2) is 0 Å². The van der Waals surface area contributed by atoms with Gasteiger partial charge in [0.25, 0.3) is 0 Å². The van der Waals surface area contributed by atoms with Crippen LogP contribution in [0.5, 0.6) is 0 Å². The summed E-state index contributed by atoms with van der Waals surface area (Å²) in [6.45, 7) is 8.73. The molecule has 5 nitrogen and oxygen atoms in total. The molecule has 1 fully saturated rings. The minimum absolute atomic E-state index is 0.683. The number of aryl methyl sites for hydroxylation is 2. The fourth-order valence-corrected chi connectivity index (χ4v) is 3.47. The first kappa shape index (κ1) is 15.3. The minimum Gasteiger partial charge on any atom is -0.358 e. The lowest BCUT2D eigenvalue weighted by atomic mass is 10.2. The second-order valence-electron chi connectivity index (χ2n) is 5.85. The fraction of sp³-hybridized carbons (Fsp3) is 0.800. The molecule has 0 aliphatic carbocycles. The number of nitrogens with zero attached hydrogens (tertiary/aromatic N) is 4. The first-order valence-electron chi connectivity index (χ1n) is 7.70. The Morgan fingerprint density at radius 1 is 1.45 bits per heavy atom. The summed E-state index contributed by atoms with van der Waals surface area (Å²) in [5.74, 6) is 1.25. The molecule has 5 heteroatoms. The van der Waals surface area contributed by atoms with E-state index in [1.54, 1.807) is 0 Å². The molecular weight excluding hydrogens is 250 g/mol. The van der Waals surface area contributed by atoms with Gasteiger partial charge in [-0.05, 0) is 39.9 Å². The van der Waals surface area contributed by atoms with E-state index in [0.717, 1.165) is 25.3 Å². The second kappa shape index (κ2) is 6.59. The largest absolute Gasteiger partial charge is 0.358 e. The monoisotopic (exact) mass is 279 g/mol. The van der Waals surface area contributed by atoms with Crippen molar-refractivity contribution in [1.82, 2.24) is 20.0 Å². The van der Waals surface area contributed by atoms with Gasteiger partial charge in [0, 0.05) is 38.8 Å². The molecule has 0 bridgehead atoms. The predicted octanol–water partition coefficient (Wildman–Crippen LogP) is 1.37. The zero-order valence-electron chi connectivity index (χ0n) is 13.6. The van der Waals surface area contributed by atoms with Gasteiger partial charge in [-0.2, -0.15) is 5.10 Å². The van der Waals surface area contributed by atoms with E-state index in [4.69, 9.17) is 0 Å². The van der Waals surface area contributed by atoms with E-state index >= 15 is 0 Å². The molecule has 1 atom stereocenters. The highest BCUT2D eigenvalue weighted by atomic mass is 15.4. The zero-order valence-corrected chi connectivity index (χ0v) is 13.6. The van der Waals surface area contributed by atoms with Gasteiger partial charge in [0.1, 0.15) is 5.82 Å². The number of nitrogens with one attached hydrogen (secondary N) is 1. The standard InChI is InChI=1S/C15H29N5/c1-6-20-9-7-8-13(20)11-18(4)15-14(10-16-3)12(2)17-19(15)5/h13,16H,6-11H2,1-5H3. The van der Waals surface area contributed by atoms with E-state index in [1.807, 2.05) is 18.8 Å². The van der Waals surface area contributed by atoms with Crippen LogP contribution in [0.1, 0.15) is 31.0 Å². The zero-order chi connectivity index (χ0) is 14.7. The van der Waals surface area contributed by atoms with Crippen LogP contribution in [0.25, 0.3) is 0 Å². The van der Waals surface area contributed by atoms with Crippen LogP contribution in [0.4, 0.5) is 5.82 Å². The Morgan fingerprint density at radius 3 is 2.85 bits per heavy atom. The molecule has 114 valence electrons. The average molecular weight is 279 g/mol. The van der Waals surface area contributed by atoms with E-state index in [-0.39, 0.29) is 0 Å². The Hall–Kier alpha value is -1.07. The van der Waals surface area contributed by atoms with Crippen molar-refractivity contribution in [1.29, 1.82) is 0 Å². The van der Waals surface area contributed by atoms with Crippen LogP contribution in [-0.2, 0) is 13.6 Å². The maximum absolute atomic E-state index is 4.59. The molecule has 20 heavy (non-hydrogen) atoms. The molecule has 1 saturated heterocycles. The molecule has 2 rings (SSSR count). The first-order valence-corrected chi connectivity index (χ1v) is 7.70. The van der Waals surface area contributed by atoms with Gasteiger partial charge in [-0.15, -0.1) is 0 Å². The van der Waals surface area contributed by atoms with Crippen molar-refractivity contribution < 1.29 is 0 Å². The Morgan fingerprint density at radius 2 is 2.20 bits per heavy atom. The van der Waals surface area contributed by atoms with Crippen LogP contribution in [0.3, 0.4) is 0 Å². The molecule has 0 saturated carbocycles. The summed E-state index contributed by atoms with van der Waals surface area (Å²) in [6, 6.07) is 0.683. The van der Waals surface area contributed by atoms with Crippen molar-refractivity contribution in [2.24, 2.45) is 7.05 Å². The summed E-state index contributed by atoms with van der Waals surface area (Å²) in [6.07, 6.45) is 2.65. The van der Waals surface area contributed by atoms with Gasteiger partial charge in [0.05, 0.1) is 5.69 Å². The maximum atomic E-state index is 4.59. The molecule has 0 aromatic carbocycles. The number of rotatable bonds is 6. The third-order valence-corrected chi connectivity index (χ3v) is 4.42. The number of anilines is 1. The fourth-order valence-electron chi connectivity index (χ4n) is 3.47. The molecule has 2 heterocycles. The smallest absolute Gasteiger partial charge is 0.131 e. The minimum atomic E-state index is 0.683. The van der Waals surface area contributed by atoms with E-state index in [9.17, 15) is 0 Å². The molecule has 1 N–H and O–H groups in total. The van der Waals surface area contributed by atoms with Crippen LogP contribution in [0, 0.1) is 6.92 Å². The Balaban J connectivity index is 2.14. The highest BCUT2D eigenvalue weighted by Gasteiger charge is 2.26. The number of hydrogen-bond donors (Lipinski definition) is 1. The summed E-state index contributed by atoms with van der Waals surface area (Å²) in [5.41, 5.74) is 2.45. The highest BCUT2D eigenvalue weighted by molar-refractivity contribution is 5.49. The van der Waals surface area contributed by atoms with E-state index in [0.29, 0.717) is 6.04 Å². The Kier molecular flexibility index (Phi) is 5.05. The molecule has 1 aromatic heterocycles. The van der Waals surface area contributed by atoms with Crippen LogP contribution in [-0.4, -0.2) is 54.5 Å². The predicted molar refractivity (Wildman–Crippen MR) is 84.2 cm³/mol. The summed E-state index contributed by atoms with van der Waals surface area (Å²) in [4.78, 5) is 4.97. The van der Waals surface area contributed by atoms with Gasteiger partial charge in [-0.25, -0.2) is 0 Å². The van der Waals surface area contributed by atoms with Gasteiger partial charge in [0.15, 0.2) is 0 Å². The second-order valence-corrected chi connectivity index (χ2v) is 5.85. The van der Waals surface area contributed by atoms with Crippen LogP contribution >= 0.6 is 0 Å².